The lowest BCUT2D eigenvalue weighted by molar-refractivity contribution is 0.643. The van der Waals surface area contributed by atoms with Gasteiger partial charge < -0.3 is 5.73 Å². The van der Waals surface area contributed by atoms with E-state index in [1.54, 1.807) is 17.8 Å². The Morgan fingerprint density at radius 3 is 2.20 bits per heavy atom. The van der Waals surface area contributed by atoms with Crippen molar-refractivity contribution in [3.63, 3.8) is 0 Å². The van der Waals surface area contributed by atoms with Crippen molar-refractivity contribution in [2.75, 3.05) is 6.26 Å². The molecule has 0 aliphatic carbocycles. The van der Waals surface area contributed by atoms with Crippen LogP contribution in [0.2, 0.25) is 0 Å². The van der Waals surface area contributed by atoms with Crippen LogP contribution in [0, 0.1) is 0 Å². The van der Waals surface area contributed by atoms with Gasteiger partial charge in [0.2, 0.25) is 0 Å². The van der Waals surface area contributed by atoms with E-state index in [0.717, 1.165) is 4.91 Å². The summed E-state index contributed by atoms with van der Waals surface area (Å²) in [6.45, 7) is 7.59. The number of allylic oxidation sites excluding steroid dienone is 2. The zero-order chi connectivity index (χ0) is 8.20. The normalized spacial score (nSPS) is 13.4. The van der Waals surface area contributed by atoms with Gasteiger partial charge in [0.15, 0.2) is 0 Å². The summed E-state index contributed by atoms with van der Waals surface area (Å²) < 4.78 is 0. The highest BCUT2D eigenvalue weighted by atomic mass is 32.2. The van der Waals surface area contributed by atoms with E-state index < -0.39 is 0 Å². The highest BCUT2D eigenvalue weighted by Gasteiger charge is 2.14. The third-order valence-electron chi connectivity index (χ3n) is 1.12. The Bertz CT molecular complexity index is 142. The monoisotopic (exact) mass is 157 g/mol. The van der Waals surface area contributed by atoms with Crippen molar-refractivity contribution >= 4 is 11.8 Å². The van der Waals surface area contributed by atoms with Gasteiger partial charge in [-0.2, -0.15) is 0 Å². The highest BCUT2D eigenvalue weighted by Crippen LogP contribution is 2.22. The molecule has 0 saturated carbocycles. The zero-order valence-electron chi connectivity index (χ0n) is 6.85. The van der Waals surface area contributed by atoms with Crippen molar-refractivity contribution < 1.29 is 0 Å². The van der Waals surface area contributed by atoms with E-state index in [2.05, 4.69) is 6.58 Å². The molecule has 0 aliphatic rings. The Morgan fingerprint density at radius 1 is 1.60 bits per heavy atom. The van der Waals surface area contributed by atoms with Gasteiger partial charge in [-0.15, -0.1) is 11.8 Å². The summed E-state index contributed by atoms with van der Waals surface area (Å²) in [5.41, 5.74) is 5.61. The predicted octanol–water partition coefficient (Wildman–Crippen LogP) is 2.16. The van der Waals surface area contributed by atoms with Crippen LogP contribution in [-0.2, 0) is 0 Å². The SMILES string of the molecule is C=C/C=C(\SC)C(C)(C)N. The summed E-state index contributed by atoms with van der Waals surface area (Å²) in [7, 11) is 0. The molecular formula is C8H15NS. The predicted molar refractivity (Wildman–Crippen MR) is 50.1 cm³/mol. The van der Waals surface area contributed by atoms with E-state index >= 15 is 0 Å². The van der Waals surface area contributed by atoms with Crippen molar-refractivity contribution in [2.24, 2.45) is 5.73 Å². The fourth-order valence-electron chi connectivity index (χ4n) is 0.653. The van der Waals surface area contributed by atoms with E-state index in [9.17, 15) is 0 Å². The van der Waals surface area contributed by atoms with Crippen LogP contribution in [0.1, 0.15) is 13.8 Å². The molecule has 1 nitrogen and oxygen atoms in total. The number of rotatable bonds is 3. The molecular weight excluding hydrogens is 142 g/mol. The summed E-state index contributed by atoms with van der Waals surface area (Å²) in [5.74, 6) is 0. The van der Waals surface area contributed by atoms with Gasteiger partial charge in [0.05, 0.1) is 0 Å². The molecule has 0 unspecified atom stereocenters. The van der Waals surface area contributed by atoms with Crippen LogP contribution in [0.3, 0.4) is 0 Å². The van der Waals surface area contributed by atoms with Gasteiger partial charge in [0, 0.05) is 10.4 Å². The van der Waals surface area contributed by atoms with Crippen molar-refractivity contribution in [1.29, 1.82) is 0 Å². The Balaban J connectivity index is 4.35. The first-order chi connectivity index (χ1) is 4.52. The molecule has 0 aromatic heterocycles. The first-order valence-electron chi connectivity index (χ1n) is 3.18. The van der Waals surface area contributed by atoms with Crippen LogP contribution >= 0.6 is 11.8 Å². The molecule has 0 rings (SSSR count). The molecule has 0 aromatic carbocycles. The first-order valence-corrected chi connectivity index (χ1v) is 4.41. The topological polar surface area (TPSA) is 26.0 Å². The van der Waals surface area contributed by atoms with Crippen LogP contribution in [0.5, 0.6) is 0 Å². The lowest BCUT2D eigenvalue weighted by atomic mass is 10.1. The molecule has 0 spiro atoms. The number of thioether (sulfide) groups is 1. The highest BCUT2D eigenvalue weighted by molar-refractivity contribution is 8.02. The molecule has 0 heterocycles. The molecule has 10 heavy (non-hydrogen) atoms. The fraction of sp³-hybridized carbons (Fsp3) is 0.500. The Labute approximate surface area is 67.4 Å². The van der Waals surface area contributed by atoms with Crippen molar-refractivity contribution in [3.05, 3.63) is 23.6 Å². The second-order valence-corrected chi connectivity index (χ2v) is 3.54. The number of hydrogen-bond acceptors (Lipinski definition) is 2. The van der Waals surface area contributed by atoms with Crippen molar-refractivity contribution in [1.82, 2.24) is 0 Å². The second-order valence-electron chi connectivity index (χ2n) is 2.69. The van der Waals surface area contributed by atoms with Gasteiger partial charge in [-0.1, -0.05) is 18.7 Å². The van der Waals surface area contributed by atoms with E-state index in [-0.39, 0.29) is 5.54 Å². The maximum Gasteiger partial charge on any atom is 0.0412 e. The van der Waals surface area contributed by atoms with Crippen LogP contribution in [0.4, 0.5) is 0 Å². The maximum atomic E-state index is 5.84. The van der Waals surface area contributed by atoms with Crippen LogP contribution in [0.15, 0.2) is 23.6 Å². The maximum absolute atomic E-state index is 5.84. The van der Waals surface area contributed by atoms with Gasteiger partial charge in [0.25, 0.3) is 0 Å². The average Bonchev–Trinajstić information content (AvgIpc) is 1.80. The van der Waals surface area contributed by atoms with Crippen molar-refractivity contribution in [2.45, 2.75) is 19.4 Å². The van der Waals surface area contributed by atoms with Gasteiger partial charge in [-0.25, -0.2) is 0 Å². The molecule has 2 N–H and O–H groups in total. The van der Waals surface area contributed by atoms with Gasteiger partial charge >= 0.3 is 0 Å². The molecule has 0 fully saturated rings. The number of hydrogen-bond donors (Lipinski definition) is 1. The standard InChI is InChI=1S/C8H15NS/c1-5-6-7(10-4)8(2,3)9/h5-6H,1,9H2,2-4H3/b7-6-. The molecule has 0 aliphatic heterocycles. The Kier molecular flexibility index (Phi) is 3.76. The molecule has 0 radical (unpaired) electrons. The van der Waals surface area contributed by atoms with Gasteiger partial charge in [-0.05, 0) is 20.1 Å². The third-order valence-corrected chi connectivity index (χ3v) is 2.23. The lowest BCUT2D eigenvalue weighted by Gasteiger charge is -2.20. The molecule has 0 saturated heterocycles. The summed E-state index contributed by atoms with van der Waals surface area (Å²) in [6.07, 6.45) is 5.73. The van der Waals surface area contributed by atoms with E-state index in [4.69, 9.17) is 5.73 Å². The van der Waals surface area contributed by atoms with E-state index in [0.29, 0.717) is 0 Å². The van der Waals surface area contributed by atoms with Crippen LogP contribution < -0.4 is 5.73 Å². The van der Waals surface area contributed by atoms with E-state index in [1.807, 2.05) is 26.2 Å². The summed E-state index contributed by atoms with van der Waals surface area (Å²) in [5, 5.41) is 0. The van der Waals surface area contributed by atoms with Crippen LogP contribution in [-0.4, -0.2) is 11.8 Å². The molecule has 0 amide bonds. The minimum absolute atomic E-state index is 0.229. The Hall–Kier alpha value is -0.210. The van der Waals surface area contributed by atoms with Crippen molar-refractivity contribution in [3.8, 4) is 0 Å². The smallest absolute Gasteiger partial charge is 0.0412 e. The van der Waals surface area contributed by atoms with Gasteiger partial charge in [0.1, 0.15) is 0 Å². The molecule has 0 bridgehead atoms. The minimum atomic E-state index is -0.229. The lowest BCUT2D eigenvalue weighted by Crippen LogP contribution is -2.32. The average molecular weight is 157 g/mol. The first kappa shape index (κ1) is 9.79. The summed E-state index contributed by atoms with van der Waals surface area (Å²) in [4.78, 5) is 1.16. The third kappa shape index (κ3) is 3.08. The van der Waals surface area contributed by atoms with E-state index in [1.165, 1.54) is 0 Å². The largest absolute Gasteiger partial charge is 0.321 e. The number of nitrogens with two attached hydrogens (primary N) is 1. The molecule has 2 heteroatoms. The molecule has 0 atom stereocenters. The second kappa shape index (κ2) is 3.84. The Morgan fingerprint density at radius 2 is 2.10 bits per heavy atom. The summed E-state index contributed by atoms with van der Waals surface area (Å²) >= 11 is 1.67. The molecule has 0 aromatic rings. The molecule has 58 valence electrons. The van der Waals surface area contributed by atoms with Crippen LogP contribution in [0.25, 0.3) is 0 Å². The van der Waals surface area contributed by atoms with Gasteiger partial charge in [-0.3, -0.25) is 0 Å². The fourth-order valence-corrected chi connectivity index (χ4v) is 1.41. The zero-order valence-corrected chi connectivity index (χ0v) is 7.66. The quantitative estimate of drug-likeness (QED) is 0.635. The minimum Gasteiger partial charge on any atom is -0.321 e. The summed E-state index contributed by atoms with van der Waals surface area (Å²) in [6, 6.07) is 0.